The molecule has 2 aromatic carbocycles. The van der Waals surface area contributed by atoms with Crippen molar-refractivity contribution in [2.45, 2.75) is 38.1 Å². The smallest absolute Gasteiger partial charge is 0.325 e. The second-order valence-corrected chi connectivity index (χ2v) is 10.4. The van der Waals surface area contributed by atoms with E-state index in [4.69, 9.17) is 4.74 Å². The van der Waals surface area contributed by atoms with Gasteiger partial charge in [0.15, 0.2) is 4.80 Å². The first-order valence-corrected chi connectivity index (χ1v) is 13.0. The minimum absolute atomic E-state index is 0.0932. The summed E-state index contributed by atoms with van der Waals surface area (Å²) in [5.41, 5.74) is 0.317. The van der Waals surface area contributed by atoms with Crippen LogP contribution in [0, 0.1) is 5.82 Å². The summed E-state index contributed by atoms with van der Waals surface area (Å²) in [6.07, 6.45) is 1.38. The van der Waals surface area contributed by atoms with Gasteiger partial charge in [0.05, 0.1) is 22.2 Å². The van der Waals surface area contributed by atoms with Gasteiger partial charge < -0.3 is 9.30 Å². The lowest BCUT2D eigenvalue weighted by molar-refractivity contribution is -0.141. The van der Waals surface area contributed by atoms with Crippen molar-refractivity contribution in [2.24, 2.45) is 4.99 Å². The van der Waals surface area contributed by atoms with Gasteiger partial charge in [0.25, 0.3) is 5.91 Å². The number of fused-ring (bicyclic) bond motifs is 1. The number of hydrogen-bond acceptors (Lipinski definition) is 6. The molecule has 0 radical (unpaired) electrons. The van der Waals surface area contributed by atoms with E-state index in [-0.39, 0.29) is 27.3 Å². The molecular formula is C23H26FN3O5S2. The number of benzene rings is 2. The number of rotatable bonds is 9. The summed E-state index contributed by atoms with van der Waals surface area (Å²) < 4.78 is 48.2. The van der Waals surface area contributed by atoms with E-state index in [1.165, 1.54) is 52.4 Å². The van der Waals surface area contributed by atoms with Crippen LogP contribution < -0.4 is 4.80 Å². The zero-order valence-electron chi connectivity index (χ0n) is 19.2. The third-order valence-electron chi connectivity index (χ3n) is 5.05. The van der Waals surface area contributed by atoms with Crippen LogP contribution in [0.2, 0.25) is 0 Å². The molecule has 3 aromatic rings. The number of methoxy groups -OCH3 is 1. The van der Waals surface area contributed by atoms with Crippen LogP contribution in [-0.4, -0.2) is 49.4 Å². The molecule has 34 heavy (non-hydrogen) atoms. The molecule has 182 valence electrons. The molecule has 1 aromatic heterocycles. The van der Waals surface area contributed by atoms with Crippen molar-refractivity contribution < 1.29 is 27.1 Å². The highest BCUT2D eigenvalue weighted by Crippen LogP contribution is 2.21. The Labute approximate surface area is 201 Å². The number of sulfonamides is 1. The summed E-state index contributed by atoms with van der Waals surface area (Å²) in [5.74, 6) is -1.81. The van der Waals surface area contributed by atoms with Crippen LogP contribution in [0.5, 0.6) is 0 Å². The molecule has 0 saturated carbocycles. The number of thiazole rings is 1. The molecule has 8 nitrogen and oxygen atoms in total. The Morgan fingerprint density at radius 1 is 1.09 bits per heavy atom. The summed E-state index contributed by atoms with van der Waals surface area (Å²) in [5, 5.41) is 0. The van der Waals surface area contributed by atoms with Crippen LogP contribution >= 0.6 is 11.3 Å². The summed E-state index contributed by atoms with van der Waals surface area (Å²) >= 11 is 1.06. The molecule has 0 atom stereocenters. The second-order valence-electron chi connectivity index (χ2n) is 7.48. The molecule has 1 heterocycles. The van der Waals surface area contributed by atoms with Crippen LogP contribution in [0.25, 0.3) is 10.2 Å². The van der Waals surface area contributed by atoms with E-state index in [9.17, 15) is 22.4 Å². The average molecular weight is 508 g/mol. The fourth-order valence-corrected chi connectivity index (χ4v) is 6.10. The highest BCUT2D eigenvalue weighted by atomic mass is 32.2. The summed E-state index contributed by atoms with van der Waals surface area (Å²) in [6, 6.07) is 10.0. The molecule has 0 aliphatic rings. The molecule has 0 spiro atoms. The largest absolute Gasteiger partial charge is 0.468 e. The molecule has 0 bridgehead atoms. The van der Waals surface area contributed by atoms with Gasteiger partial charge >= 0.3 is 5.97 Å². The van der Waals surface area contributed by atoms with E-state index in [1.807, 2.05) is 13.8 Å². The summed E-state index contributed by atoms with van der Waals surface area (Å²) in [4.78, 5) is 29.0. The Kier molecular flexibility index (Phi) is 8.34. The van der Waals surface area contributed by atoms with E-state index in [0.29, 0.717) is 30.6 Å². The zero-order chi connectivity index (χ0) is 24.9. The van der Waals surface area contributed by atoms with E-state index < -0.39 is 27.7 Å². The van der Waals surface area contributed by atoms with Gasteiger partial charge in [-0.05, 0) is 49.2 Å². The van der Waals surface area contributed by atoms with Gasteiger partial charge in [-0.15, -0.1) is 0 Å². The van der Waals surface area contributed by atoms with E-state index in [1.54, 1.807) is 6.07 Å². The number of esters is 1. The van der Waals surface area contributed by atoms with Gasteiger partial charge in [-0.1, -0.05) is 31.3 Å². The third kappa shape index (κ3) is 5.43. The molecule has 0 saturated heterocycles. The number of carbonyl (C=O) groups excluding carboxylic acids is 2. The first-order valence-electron chi connectivity index (χ1n) is 10.8. The summed E-state index contributed by atoms with van der Waals surface area (Å²) in [7, 11) is -2.46. The van der Waals surface area contributed by atoms with Gasteiger partial charge in [-0.2, -0.15) is 9.30 Å². The number of hydrogen-bond donors (Lipinski definition) is 0. The first-order chi connectivity index (χ1) is 16.2. The minimum atomic E-state index is -3.68. The quantitative estimate of drug-likeness (QED) is 0.413. The van der Waals surface area contributed by atoms with E-state index >= 15 is 0 Å². The van der Waals surface area contributed by atoms with Crippen molar-refractivity contribution in [3.63, 3.8) is 0 Å². The monoisotopic (exact) mass is 507 g/mol. The zero-order valence-corrected chi connectivity index (χ0v) is 20.8. The molecule has 0 fully saturated rings. The van der Waals surface area contributed by atoms with Crippen LogP contribution in [0.4, 0.5) is 4.39 Å². The number of aromatic nitrogens is 1. The molecule has 0 aliphatic carbocycles. The molecule has 1 amide bonds. The van der Waals surface area contributed by atoms with Gasteiger partial charge in [0.1, 0.15) is 12.4 Å². The number of nitrogens with zero attached hydrogens (tertiary/aromatic N) is 3. The number of carbonyl (C=O) groups is 2. The van der Waals surface area contributed by atoms with Crippen molar-refractivity contribution in [1.82, 2.24) is 8.87 Å². The van der Waals surface area contributed by atoms with Gasteiger partial charge in [-0.3, -0.25) is 9.59 Å². The van der Waals surface area contributed by atoms with Crippen molar-refractivity contribution in [2.75, 3.05) is 20.2 Å². The maximum Gasteiger partial charge on any atom is 0.325 e. The standard InChI is InChI=1S/C23H26FN3O5S2/c1-4-13-26(14-5-2)34(30,31)17-11-9-16(10-12-17)22(29)25-23-27(15-20(28)32-3)21-18(24)7-6-8-19(21)33-23/h6-12H,4-5,13-15H2,1-3H3. The van der Waals surface area contributed by atoms with Crippen molar-refractivity contribution >= 4 is 43.5 Å². The molecule has 3 rings (SSSR count). The maximum absolute atomic E-state index is 14.5. The Bertz CT molecular complexity index is 1360. The van der Waals surface area contributed by atoms with Crippen molar-refractivity contribution in [1.29, 1.82) is 0 Å². The minimum Gasteiger partial charge on any atom is -0.468 e. The topological polar surface area (TPSA) is 98.0 Å². The van der Waals surface area contributed by atoms with Crippen LogP contribution in [0.1, 0.15) is 37.0 Å². The predicted octanol–water partition coefficient (Wildman–Crippen LogP) is 3.57. The SMILES string of the molecule is CCCN(CCC)S(=O)(=O)c1ccc(C(=O)N=c2sc3cccc(F)c3n2CC(=O)OC)cc1. The Balaban J connectivity index is 1.98. The van der Waals surface area contributed by atoms with Crippen molar-refractivity contribution in [3.05, 3.63) is 58.6 Å². The second kappa shape index (κ2) is 11.0. The number of amides is 1. The number of ether oxygens (including phenoxy) is 1. The Hall–Kier alpha value is -2.89. The summed E-state index contributed by atoms with van der Waals surface area (Å²) in [6.45, 7) is 4.33. The van der Waals surface area contributed by atoms with E-state index in [0.717, 1.165) is 11.3 Å². The molecule has 11 heteroatoms. The van der Waals surface area contributed by atoms with Gasteiger partial charge in [0.2, 0.25) is 10.0 Å². The van der Waals surface area contributed by atoms with E-state index in [2.05, 4.69) is 4.99 Å². The number of para-hydroxylation sites is 1. The third-order valence-corrected chi connectivity index (χ3v) is 8.01. The predicted molar refractivity (Wildman–Crippen MR) is 127 cm³/mol. The molecular weight excluding hydrogens is 481 g/mol. The number of halogens is 1. The van der Waals surface area contributed by atoms with Crippen LogP contribution in [-0.2, 0) is 26.1 Å². The van der Waals surface area contributed by atoms with Gasteiger partial charge in [0, 0.05) is 18.7 Å². The molecule has 0 N–H and O–H groups in total. The lowest BCUT2D eigenvalue weighted by Gasteiger charge is -2.21. The van der Waals surface area contributed by atoms with Crippen LogP contribution in [0.3, 0.4) is 0 Å². The average Bonchev–Trinajstić information content (AvgIpc) is 3.16. The van der Waals surface area contributed by atoms with Crippen LogP contribution in [0.15, 0.2) is 52.4 Å². The fraction of sp³-hybridized carbons (Fsp3) is 0.348. The lowest BCUT2D eigenvalue weighted by Crippen LogP contribution is -2.32. The Morgan fingerprint density at radius 3 is 2.32 bits per heavy atom. The highest BCUT2D eigenvalue weighted by molar-refractivity contribution is 7.89. The Morgan fingerprint density at radius 2 is 1.74 bits per heavy atom. The lowest BCUT2D eigenvalue weighted by atomic mass is 10.2. The molecule has 0 aliphatic heterocycles. The van der Waals surface area contributed by atoms with Gasteiger partial charge in [-0.25, -0.2) is 12.8 Å². The first kappa shape index (κ1) is 25.7. The highest BCUT2D eigenvalue weighted by Gasteiger charge is 2.23. The van der Waals surface area contributed by atoms with Crippen molar-refractivity contribution in [3.8, 4) is 0 Å². The maximum atomic E-state index is 14.5. The molecule has 0 unspecified atom stereocenters. The normalized spacial score (nSPS) is 12.4. The fourth-order valence-electron chi connectivity index (χ4n) is 3.43.